The maximum absolute atomic E-state index is 13.8. The molecule has 1 N–H and O–H groups in total. The maximum Gasteiger partial charge on any atom is 0.226 e. The van der Waals surface area contributed by atoms with Gasteiger partial charge in [-0.15, -0.1) is 11.3 Å². The van der Waals surface area contributed by atoms with Crippen LogP contribution in [0.2, 0.25) is 0 Å². The lowest BCUT2D eigenvalue weighted by Gasteiger charge is -2.36. The highest BCUT2D eigenvalue weighted by atomic mass is 32.1. The Kier molecular flexibility index (Phi) is 7.23. The van der Waals surface area contributed by atoms with Gasteiger partial charge in [0.2, 0.25) is 11.8 Å². The van der Waals surface area contributed by atoms with E-state index < -0.39 is 0 Å². The molecule has 1 aromatic heterocycles. The van der Waals surface area contributed by atoms with Gasteiger partial charge in [-0.2, -0.15) is 0 Å². The molecule has 2 unspecified atom stereocenters. The third kappa shape index (κ3) is 5.30. The third-order valence-corrected chi connectivity index (χ3v) is 8.37. The summed E-state index contributed by atoms with van der Waals surface area (Å²) >= 11 is 1.69. The van der Waals surface area contributed by atoms with Crippen LogP contribution in [0.3, 0.4) is 0 Å². The second kappa shape index (κ2) is 10.7. The summed E-state index contributed by atoms with van der Waals surface area (Å²) in [6.45, 7) is 1.60. The number of piperidine rings is 1. The van der Waals surface area contributed by atoms with Gasteiger partial charge in [-0.05, 0) is 55.9 Å². The molecule has 3 aromatic rings. The molecule has 0 spiro atoms. The number of nitrogens with zero attached hydrogens (tertiary/aromatic N) is 2. The number of amides is 2. The summed E-state index contributed by atoms with van der Waals surface area (Å²) in [6, 6.07) is 14.8. The Balaban J connectivity index is 1.15. The molecule has 0 radical (unpaired) electrons. The van der Waals surface area contributed by atoms with E-state index in [-0.39, 0.29) is 35.4 Å². The third-order valence-electron chi connectivity index (χ3n) is 7.21. The van der Waals surface area contributed by atoms with Crippen molar-refractivity contribution in [2.45, 2.75) is 38.0 Å². The predicted octanol–water partition coefficient (Wildman–Crippen LogP) is 5.08. The largest absolute Gasteiger partial charge is 0.356 e. The lowest BCUT2D eigenvalue weighted by Crippen LogP contribution is -2.46. The minimum absolute atomic E-state index is 0.00129. The number of benzene rings is 2. The van der Waals surface area contributed by atoms with E-state index in [9.17, 15) is 14.0 Å². The fourth-order valence-corrected chi connectivity index (χ4v) is 6.32. The second-order valence-corrected chi connectivity index (χ2v) is 10.5. The molecular weight excluding hydrogens is 461 g/mol. The monoisotopic (exact) mass is 491 g/mol. The van der Waals surface area contributed by atoms with Crippen molar-refractivity contribution in [3.63, 3.8) is 0 Å². The predicted molar refractivity (Wildman–Crippen MR) is 137 cm³/mol. The zero-order valence-corrected chi connectivity index (χ0v) is 20.5. The Morgan fingerprint density at radius 3 is 2.57 bits per heavy atom. The first kappa shape index (κ1) is 23.7. The molecule has 2 amide bonds. The van der Waals surface area contributed by atoms with Crippen LogP contribution in [-0.2, 0) is 16.0 Å². The molecule has 1 fully saturated rings. The number of hydrogen-bond acceptors (Lipinski definition) is 4. The summed E-state index contributed by atoms with van der Waals surface area (Å²) < 4.78 is 14.9. The van der Waals surface area contributed by atoms with E-state index in [0.29, 0.717) is 44.5 Å². The molecule has 5 nitrogen and oxygen atoms in total. The second-order valence-electron chi connectivity index (χ2n) is 9.41. The standard InChI is InChI=1S/C28H30FN3O2S/c29-23-10-4-1-7-19(23)13-16-30-26(33)20-14-17-32(18-15-20)28(34)22-9-3-2-8-21(22)27-31-24-11-5-6-12-25(24)35-27/h1-7,10-12,20-22H,8-9,13-18H2,(H,30,33). The van der Waals surface area contributed by atoms with Crippen LogP contribution in [0.1, 0.15) is 42.2 Å². The molecule has 0 saturated carbocycles. The van der Waals surface area contributed by atoms with E-state index in [1.807, 2.05) is 23.1 Å². The summed E-state index contributed by atoms with van der Waals surface area (Å²) in [5.74, 6) is -0.171. The normalized spacial score (nSPS) is 20.8. The molecule has 1 aliphatic carbocycles. The van der Waals surface area contributed by atoms with Gasteiger partial charge in [-0.1, -0.05) is 42.5 Å². The van der Waals surface area contributed by atoms with Crippen LogP contribution in [0.4, 0.5) is 4.39 Å². The van der Waals surface area contributed by atoms with Gasteiger partial charge in [0.15, 0.2) is 0 Å². The van der Waals surface area contributed by atoms with Crippen LogP contribution in [0.15, 0.2) is 60.7 Å². The zero-order valence-electron chi connectivity index (χ0n) is 19.7. The van der Waals surface area contributed by atoms with E-state index in [0.717, 1.165) is 28.1 Å². The minimum atomic E-state index is -0.240. The average Bonchev–Trinajstić information content (AvgIpc) is 3.34. The Bertz CT molecular complexity index is 1200. The zero-order chi connectivity index (χ0) is 24.2. The van der Waals surface area contributed by atoms with Gasteiger partial charge in [0, 0.05) is 31.5 Å². The van der Waals surface area contributed by atoms with Crippen molar-refractivity contribution >= 4 is 33.4 Å². The van der Waals surface area contributed by atoms with Crippen LogP contribution in [0.25, 0.3) is 10.2 Å². The SMILES string of the molecule is O=C(NCCc1ccccc1F)C1CCN(C(=O)C2CC=CCC2c2nc3ccccc3s2)CC1. The van der Waals surface area contributed by atoms with Gasteiger partial charge in [-0.25, -0.2) is 9.37 Å². The smallest absolute Gasteiger partial charge is 0.226 e. The van der Waals surface area contributed by atoms with Crippen molar-refractivity contribution in [2.24, 2.45) is 11.8 Å². The molecule has 35 heavy (non-hydrogen) atoms. The van der Waals surface area contributed by atoms with Crippen LogP contribution >= 0.6 is 11.3 Å². The van der Waals surface area contributed by atoms with Crippen LogP contribution in [0, 0.1) is 17.7 Å². The molecule has 7 heteroatoms. The molecule has 0 bridgehead atoms. The Morgan fingerprint density at radius 2 is 1.77 bits per heavy atom. The summed E-state index contributed by atoms with van der Waals surface area (Å²) in [6.07, 6.45) is 7.63. The quantitative estimate of drug-likeness (QED) is 0.489. The van der Waals surface area contributed by atoms with Gasteiger partial charge in [-0.3, -0.25) is 9.59 Å². The molecular formula is C28H30FN3O2S. The van der Waals surface area contributed by atoms with Gasteiger partial charge >= 0.3 is 0 Å². The Labute approximate surface area is 209 Å². The van der Waals surface area contributed by atoms with E-state index in [4.69, 9.17) is 4.98 Å². The van der Waals surface area contributed by atoms with Crippen molar-refractivity contribution < 1.29 is 14.0 Å². The molecule has 2 atom stereocenters. The van der Waals surface area contributed by atoms with Crippen LogP contribution in [-0.4, -0.2) is 41.3 Å². The highest BCUT2D eigenvalue weighted by Crippen LogP contribution is 2.39. The number of carbonyl (C=O) groups excluding carboxylic acids is 2. The van der Waals surface area contributed by atoms with E-state index in [2.05, 4.69) is 23.5 Å². The number of likely N-dealkylation sites (tertiary alicyclic amines) is 1. The van der Waals surface area contributed by atoms with Gasteiger partial charge in [0.05, 0.1) is 21.1 Å². The molecule has 182 valence electrons. The number of aromatic nitrogens is 1. The maximum atomic E-state index is 13.8. The van der Waals surface area contributed by atoms with Crippen molar-refractivity contribution in [2.75, 3.05) is 19.6 Å². The highest BCUT2D eigenvalue weighted by molar-refractivity contribution is 7.18. The Morgan fingerprint density at radius 1 is 1.03 bits per heavy atom. The minimum Gasteiger partial charge on any atom is -0.356 e. The topological polar surface area (TPSA) is 62.3 Å². The lowest BCUT2D eigenvalue weighted by molar-refractivity contribution is -0.139. The molecule has 2 aliphatic rings. The summed E-state index contributed by atoms with van der Waals surface area (Å²) in [4.78, 5) is 33.0. The van der Waals surface area contributed by atoms with E-state index >= 15 is 0 Å². The van der Waals surface area contributed by atoms with Gasteiger partial charge in [0.1, 0.15) is 5.82 Å². The summed E-state index contributed by atoms with van der Waals surface area (Å²) in [7, 11) is 0. The molecule has 5 rings (SSSR count). The summed E-state index contributed by atoms with van der Waals surface area (Å²) in [5, 5.41) is 3.99. The van der Waals surface area contributed by atoms with E-state index in [1.165, 1.54) is 6.07 Å². The first-order chi connectivity index (χ1) is 17.1. The molecule has 1 saturated heterocycles. The highest BCUT2D eigenvalue weighted by Gasteiger charge is 2.36. The Hall–Kier alpha value is -3.06. The number of allylic oxidation sites excluding steroid dienone is 2. The number of thiazole rings is 1. The number of fused-ring (bicyclic) bond motifs is 1. The fraction of sp³-hybridized carbons (Fsp3) is 0.393. The average molecular weight is 492 g/mol. The van der Waals surface area contributed by atoms with Crippen LogP contribution in [0.5, 0.6) is 0 Å². The summed E-state index contributed by atoms with van der Waals surface area (Å²) in [5.41, 5.74) is 1.60. The number of halogens is 1. The number of carbonyl (C=O) groups is 2. The first-order valence-electron chi connectivity index (χ1n) is 12.4. The number of rotatable bonds is 6. The number of para-hydroxylation sites is 1. The first-order valence-corrected chi connectivity index (χ1v) is 13.2. The lowest BCUT2D eigenvalue weighted by atomic mass is 9.81. The van der Waals surface area contributed by atoms with Crippen LogP contribution < -0.4 is 5.32 Å². The fourth-order valence-electron chi connectivity index (χ4n) is 5.17. The van der Waals surface area contributed by atoms with Crippen molar-refractivity contribution in [3.05, 3.63) is 77.1 Å². The van der Waals surface area contributed by atoms with Gasteiger partial charge in [0.25, 0.3) is 0 Å². The number of hydrogen-bond donors (Lipinski definition) is 1. The van der Waals surface area contributed by atoms with Crippen molar-refractivity contribution in [1.82, 2.24) is 15.2 Å². The van der Waals surface area contributed by atoms with E-state index in [1.54, 1.807) is 29.5 Å². The van der Waals surface area contributed by atoms with Crippen molar-refractivity contribution in [1.29, 1.82) is 0 Å². The molecule has 2 heterocycles. The van der Waals surface area contributed by atoms with Gasteiger partial charge < -0.3 is 10.2 Å². The van der Waals surface area contributed by atoms with Crippen molar-refractivity contribution in [3.8, 4) is 0 Å². The molecule has 2 aromatic carbocycles. The molecule has 1 aliphatic heterocycles. The number of nitrogens with one attached hydrogen (secondary N) is 1.